The number of sulfonamides is 1. The number of nitrogens with two attached hydrogens (primary N) is 1. The monoisotopic (exact) mass is 330 g/mol. The predicted molar refractivity (Wildman–Crippen MR) is 72.7 cm³/mol. The van der Waals surface area contributed by atoms with Gasteiger partial charge in [0.1, 0.15) is 0 Å². The average Bonchev–Trinajstić information content (AvgIpc) is 2.75. The van der Waals surface area contributed by atoms with Crippen molar-refractivity contribution in [3.8, 4) is 0 Å². The van der Waals surface area contributed by atoms with Gasteiger partial charge in [-0.1, -0.05) is 0 Å². The van der Waals surface area contributed by atoms with Crippen LogP contribution in [0.4, 0.5) is 11.4 Å². The van der Waals surface area contributed by atoms with Crippen molar-refractivity contribution in [3.05, 3.63) is 34.6 Å². The number of H-pyrrole nitrogens is 1. The Morgan fingerprint density at radius 3 is 2.78 bits per heavy atom. The van der Waals surface area contributed by atoms with E-state index >= 15 is 0 Å². The van der Waals surface area contributed by atoms with Gasteiger partial charge in [-0.2, -0.15) is 5.10 Å². The molecule has 0 saturated carbocycles. The molecule has 0 atom stereocenters. The zero-order valence-corrected chi connectivity index (χ0v) is 11.8. The Kier molecular flexibility index (Phi) is 3.31. The van der Waals surface area contributed by atoms with Crippen molar-refractivity contribution in [1.82, 2.24) is 10.2 Å². The van der Waals surface area contributed by atoms with Crippen molar-refractivity contribution >= 4 is 37.3 Å². The van der Waals surface area contributed by atoms with Gasteiger partial charge in [0.05, 0.1) is 16.8 Å². The minimum Gasteiger partial charge on any atom is -0.398 e. The van der Waals surface area contributed by atoms with E-state index < -0.39 is 10.0 Å². The van der Waals surface area contributed by atoms with Gasteiger partial charge in [-0.05, 0) is 40.5 Å². The van der Waals surface area contributed by atoms with Crippen LogP contribution in [0.3, 0.4) is 0 Å². The number of halogens is 1. The summed E-state index contributed by atoms with van der Waals surface area (Å²) in [6.07, 6.45) is 2.84. The molecule has 1 heterocycles. The van der Waals surface area contributed by atoms with Crippen LogP contribution in [0.25, 0.3) is 0 Å². The highest BCUT2D eigenvalue weighted by Crippen LogP contribution is 2.27. The van der Waals surface area contributed by atoms with Crippen LogP contribution in [0.1, 0.15) is 5.56 Å². The molecule has 1 aromatic carbocycles. The Bertz CT molecular complexity index is 667. The third kappa shape index (κ3) is 2.49. The summed E-state index contributed by atoms with van der Waals surface area (Å²) in [4.78, 5) is 0.143. The van der Waals surface area contributed by atoms with Crippen molar-refractivity contribution in [1.29, 1.82) is 0 Å². The first-order chi connectivity index (χ1) is 8.40. The molecule has 0 bridgehead atoms. The summed E-state index contributed by atoms with van der Waals surface area (Å²) >= 11 is 3.25. The van der Waals surface area contributed by atoms with Gasteiger partial charge in [-0.3, -0.25) is 9.82 Å². The quantitative estimate of drug-likeness (QED) is 0.747. The molecular formula is C10H11BrN4O2S. The van der Waals surface area contributed by atoms with Crippen LogP contribution >= 0.6 is 15.9 Å². The summed E-state index contributed by atoms with van der Waals surface area (Å²) in [5.74, 6) is 0. The third-order valence-corrected chi connectivity index (χ3v) is 4.54. The molecule has 2 rings (SSSR count). The summed E-state index contributed by atoms with van der Waals surface area (Å²) in [5, 5.41) is 6.20. The normalized spacial score (nSPS) is 11.4. The molecule has 0 amide bonds. The van der Waals surface area contributed by atoms with Gasteiger partial charge in [-0.25, -0.2) is 8.42 Å². The zero-order valence-electron chi connectivity index (χ0n) is 9.44. The van der Waals surface area contributed by atoms with Gasteiger partial charge in [0.15, 0.2) is 0 Å². The minimum atomic E-state index is -3.66. The second-order valence-corrected chi connectivity index (χ2v) is 6.24. The fourth-order valence-electron chi connectivity index (χ4n) is 1.47. The van der Waals surface area contributed by atoms with Crippen molar-refractivity contribution in [2.75, 3.05) is 10.5 Å². The topological polar surface area (TPSA) is 101 Å². The van der Waals surface area contributed by atoms with Crippen LogP contribution in [0, 0.1) is 6.92 Å². The molecule has 2 aromatic rings. The van der Waals surface area contributed by atoms with E-state index in [1.165, 1.54) is 18.5 Å². The highest BCUT2D eigenvalue weighted by atomic mass is 79.9. The molecule has 0 spiro atoms. The van der Waals surface area contributed by atoms with E-state index in [1.54, 1.807) is 13.0 Å². The molecule has 18 heavy (non-hydrogen) atoms. The van der Waals surface area contributed by atoms with E-state index in [2.05, 4.69) is 30.8 Å². The van der Waals surface area contributed by atoms with Gasteiger partial charge >= 0.3 is 0 Å². The van der Waals surface area contributed by atoms with Gasteiger partial charge in [-0.15, -0.1) is 0 Å². The highest BCUT2D eigenvalue weighted by Gasteiger charge is 2.18. The van der Waals surface area contributed by atoms with Crippen molar-refractivity contribution in [3.63, 3.8) is 0 Å². The van der Waals surface area contributed by atoms with Crippen molar-refractivity contribution in [2.24, 2.45) is 0 Å². The van der Waals surface area contributed by atoms with Gasteiger partial charge in [0, 0.05) is 16.4 Å². The molecule has 6 nitrogen and oxygen atoms in total. The number of rotatable bonds is 3. The lowest BCUT2D eigenvalue weighted by molar-refractivity contribution is 0.600. The van der Waals surface area contributed by atoms with E-state index in [0.29, 0.717) is 21.4 Å². The Morgan fingerprint density at radius 1 is 1.44 bits per heavy atom. The maximum Gasteiger partial charge on any atom is 0.262 e. The number of aromatic nitrogens is 2. The van der Waals surface area contributed by atoms with E-state index in [1.807, 2.05) is 0 Å². The zero-order chi connectivity index (χ0) is 13.3. The number of nitrogens with one attached hydrogen (secondary N) is 2. The van der Waals surface area contributed by atoms with Crippen molar-refractivity contribution < 1.29 is 8.42 Å². The maximum absolute atomic E-state index is 12.2. The fraction of sp³-hybridized carbons (Fsp3) is 0.100. The summed E-state index contributed by atoms with van der Waals surface area (Å²) in [7, 11) is -3.66. The first-order valence-corrected chi connectivity index (χ1v) is 7.25. The van der Waals surface area contributed by atoms with Crippen LogP contribution in [0.15, 0.2) is 33.9 Å². The van der Waals surface area contributed by atoms with E-state index in [9.17, 15) is 8.42 Å². The lowest BCUT2D eigenvalue weighted by atomic mass is 10.2. The number of aromatic amines is 1. The maximum atomic E-state index is 12.2. The average molecular weight is 331 g/mol. The molecular weight excluding hydrogens is 320 g/mol. The summed E-state index contributed by atoms with van der Waals surface area (Å²) in [6, 6.07) is 3.08. The van der Waals surface area contributed by atoms with Gasteiger partial charge in [0.25, 0.3) is 10.0 Å². The first kappa shape index (κ1) is 12.9. The molecule has 0 aliphatic rings. The number of anilines is 2. The Balaban J connectivity index is 2.44. The molecule has 0 fully saturated rings. The largest absolute Gasteiger partial charge is 0.398 e. The third-order valence-electron chi connectivity index (χ3n) is 2.33. The molecule has 96 valence electrons. The number of aryl methyl sites for hydroxylation is 1. The van der Waals surface area contributed by atoms with Crippen LogP contribution in [-0.4, -0.2) is 18.6 Å². The molecule has 8 heteroatoms. The lowest BCUT2D eigenvalue weighted by Crippen LogP contribution is -2.14. The Morgan fingerprint density at radius 2 is 2.17 bits per heavy atom. The lowest BCUT2D eigenvalue weighted by Gasteiger charge is -2.10. The fourth-order valence-corrected chi connectivity index (χ4v) is 3.23. The summed E-state index contributed by atoms with van der Waals surface area (Å²) < 4.78 is 27.4. The SMILES string of the molecule is Cc1cc(Br)c(N)cc1S(=O)(=O)Nc1cn[nH]c1. The van der Waals surface area contributed by atoms with Crippen LogP contribution in [0.2, 0.25) is 0 Å². The minimum absolute atomic E-state index is 0.143. The number of hydrogen-bond donors (Lipinski definition) is 3. The van der Waals surface area contributed by atoms with Crippen LogP contribution < -0.4 is 10.5 Å². The summed E-state index contributed by atoms with van der Waals surface area (Å²) in [6.45, 7) is 1.70. The second-order valence-electron chi connectivity index (χ2n) is 3.73. The standard InChI is InChI=1S/C10H11BrN4O2S/c1-6-2-8(11)9(12)3-10(6)18(16,17)15-7-4-13-14-5-7/h2-5,15H,12H2,1H3,(H,13,14). The smallest absolute Gasteiger partial charge is 0.262 e. The Labute approximate surface area is 113 Å². The van der Waals surface area contributed by atoms with E-state index in [-0.39, 0.29) is 4.90 Å². The number of nitrogen functional groups attached to an aromatic ring is 1. The van der Waals surface area contributed by atoms with Gasteiger partial charge in [0.2, 0.25) is 0 Å². The van der Waals surface area contributed by atoms with Crippen LogP contribution in [-0.2, 0) is 10.0 Å². The number of hydrogen-bond acceptors (Lipinski definition) is 4. The highest BCUT2D eigenvalue weighted by molar-refractivity contribution is 9.10. The van der Waals surface area contributed by atoms with Crippen LogP contribution in [0.5, 0.6) is 0 Å². The van der Waals surface area contributed by atoms with E-state index in [0.717, 1.165) is 0 Å². The molecule has 4 N–H and O–H groups in total. The molecule has 0 aliphatic carbocycles. The number of benzene rings is 1. The predicted octanol–water partition coefficient (Wildman–Crippen LogP) is 1.86. The molecule has 0 unspecified atom stereocenters. The molecule has 0 radical (unpaired) electrons. The first-order valence-electron chi connectivity index (χ1n) is 4.97. The van der Waals surface area contributed by atoms with E-state index in [4.69, 9.17) is 5.73 Å². The Hall–Kier alpha value is -1.54. The number of nitrogens with zero attached hydrogens (tertiary/aromatic N) is 1. The van der Waals surface area contributed by atoms with Gasteiger partial charge < -0.3 is 5.73 Å². The molecule has 0 aliphatic heterocycles. The van der Waals surface area contributed by atoms with Crippen molar-refractivity contribution in [2.45, 2.75) is 11.8 Å². The second kappa shape index (κ2) is 4.62. The molecule has 0 saturated heterocycles. The summed E-state index contributed by atoms with van der Waals surface area (Å²) in [5.41, 5.74) is 7.05. The molecule has 1 aromatic heterocycles.